The van der Waals surface area contributed by atoms with Gasteiger partial charge in [0.25, 0.3) is 0 Å². The molecular weight excluding hydrogens is 371 g/mol. The maximum atomic E-state index is 13.0. The molecule has 1 aromatic carbocycles. The second-order valence-corrected chi connectivity index (χ2v) is 6.17. The van der Waals surface area contributed by atoms with E-state index < -0.39 is 23.9 Å². The fourth-order valence-corrected chi connectivity index (χ4v) is 3.18. The predicted octanol–water partition coefficient (Wildman–Crippen LogP) is 3.99. The molecule has 1 saturated heterocycles. The summed E-state index contributed by atoms with van der Waals surface area (Å²) in [5.74, 6) is -0.157. The number of amides is 2. The molecule has 1 aliphatic heterocycles. The van der Waals surface area contributed by atoms with Crippen LogP contribution >= 0.6 is 0 Å². The number of hydrogen-bond donors (Lipinski definition) is 0. The Morgan fingerprint density at radius 3 is 2.64 bits per heavy atom. The van der Waals surface area contributed by atoms with Gasteiger partial charge in [-0.25, -0.2) is 9.78 Å². The molecule has 6 nitrogen and oxygen atoms in total. The molecule has 1 atom stereocenters. The van der Waals surface area contributed by atoms with Crippen LogP contribution in [-0.4, -0.2) is 28.6 Å². The summed E-state index contributed by atoms with van der Waals surface area (Å²) in [7, 11) is 0. The van der Waals surface area contributed by atoms with Crippen LogP contribution < -0.4 is 9.80 Å². The van der Waals surface area contributed by atoms with Gasteiger partial charge >= 0.3 is 12.2 Å². The molecule has 0 spiro atoms. The first-order valence-electron chi connectivity index (χ1n) is 8.27. The number of carbonyl (C=O) groups excluding carboxylic acids is 1. The van der Waals surface area contributed by atoms with Crippen LogP contribution in [0.15, 0.2) is 54.9 Å². The topological polar surface area (TPSA) is 73.1 Å². The second-order valence-electron chi connectivity index (χ2n) is 6.17. The van der Waals surface area contributed by atoms with Crippen molar-refractivity contribution in [2.45, 2.75) is 12.2 Å². The van der Waals surface area contributed by atoms with E-state index in [-0.39, 0.29) is 12.4 Å². The monoisotopic (exact) mass is 383 g/mol. The Labute approximate surface area is 157 Å². The summed E-state index contributed by atoms with van der Waals surface area (Å²) in [4.78, 5) is 23.0. The lowest BCUT2D eigenvalue weighted by Crippen LogP contribution is -2.35. The number of urea groups is 1. The summed E-state index contributed by atoms with van der Waals surface area (Å²) < 4.78 is 38.9. The van der Waals surface area contributed by atoms with Gasteiger partial charge in [-0.15, -0.1) is 0 Å². The highest BCUT2D eigenvalue weighted by molar-refractivity contribution is 6.11. The molecule has 140 valence electrons. The summed E-state index contributed by atoms with van der Waals surface area (Å²) in [6.45, 7) is -0.104. The molecule has 2 amide bonds. The predicted molar refractivity (Wildman–Crippen MR) is 95.6 cm³/mol. The lowest BCUT2D eigenvalue weighted by molar-refractivity contribution is -0.141. The average Bonchev–Trinajstić information content (AvgIpc) is 3.03. The molecule has 3 aromatic rings. The molecule has 0 bridgehead atoms. The van der Waals surface area contributed by atoms with Crippen molar-refractivity contribution in [2.24, 2.45) is 0 Å². The van der Waals surface area contributed by atoms with Crippen molar-refractivity contribution in [3.8, 4) is 6.07 Å². The fraction of sp³-hybridized carbons (Fsp3) is 0.158. The third-order valence-corrected chi connectivity index (χ3v) is 4.46. The molecule has 0 radical (unpaired) electrons. The number of carbonyl (C=O) groups is 1. The molecule has 0 saturated carbocycles. The second kappa shape index (κ2) is 6.49. The van der Waals surface area contributed by atoms with E-state index in [9.17, 15) is 23.2 Å². The van der Waals surface area contributed by atoms with Gasteiger partial charge in [-0.1, -0.05) is 30.3 Å². The minimum atomic E-state index is -4.63. The largest absolute Gasteiger partial charge is 0.433 e. The van der Waals surface area contributed by atoms with Crippen LogP contribution in [0.1, 0.15) is 5.69 Å². The van der Waals surface area contributed by atoms with E-state index in [1.807, 2.05) is 18.2 Å². The Morgan fingerprint density at radius 2 is 1.89 bits per heavy atom. The Kier molecular flexibility index (Phi) is 4.11. The fourth-order valence-electron chi connectivity index (χ4n) is 3.18. The SMILES string of the molecule is N#C[C@H]1CN(c2cccc(C(F)(F)F)n2)C(=O)N1c1cncc2ccccc12. The maximum Gasteiger partial charge on any atom is 0.433 e. The van der Waals surface area contributed by atoms with Crippen LogP contribution in [0.3, 0.4) is 0 Å². The van der Waals surface area contributed by atoms with Crippen molar-refractivity contribution < 1.29 is 18.0 Å². The first kappa shape index (κ1) is 17.7. The highest BCUT2D eigenvalue weighted by Gasteiger charge is 2.41. The van der Waals surface area contributed by atoms with E-state index >= 15 is 0 Å². The number of benzene rings is 1. The molecule has 4 rings (SSSR count). The van der Waals surface area contributed by atoms with Crippen molar-refractivity contribution in [3.63, 3.8) is 0 Å². The van der Waals surface area contributed by atoms with Crippen molar-refractivity contribution in [1.82, 2.24) is 9.97 Å². The van der Waals surface area contributed by atoms with Gasteiger partial charge in [-0.3, -0.25) is 14.8 Å². The Hall–Kier alpha value is -3.67. The number of aromatic nitrogens is 2. The number of nitrogens with zero attached hydrogens (tertiary/aromatic N) is 5. The quantitative estimate of drug-likeness (QED) is 0.671. The third-order valence-electron chi connectivity index (χ3n) is 4.46. The molecule has 2 aromatic heterocycles. The van der Waals surface area contributed by atoms with Gasteiger partial charge in [0.05, 0.1) is 24.5 Å². The van der Waals surface area contributed by atoms with Crippen LogP contribution in [-0.2, 0) is 6.18 Å². The first-order valence-corrected chi connectivity index (χ1v) is 8.27. The van der Waals surface area contributed by atoms with Gasteiger partial charge < -0.3 is 0 Å². The average molecular weight is 383 g/mol. The zero-order valence-electron chi connectivity index (χ0n) is 14.3. The summed E-state index contributed by atoms with van der Waals surface area (Å²) in [6, 6.07) is 11.1. The lowest BCUT2D eigenvalue weighted by Gasteiger charge is -2.21. The lowest BCUT2D eigenvalue weighted by atomic mass is 10.1. The molecule has 28 heavy (non-hydrogen) atoms. The Bertz CT molecular complexity index is 1100. The number of nitriles is 1. The minimum Gasteiger partial charge on any atom is -0.275 e. The summed E-state index contributed by atoms with van der Waals surface area (Å²) in [5.41, 5.74) is -0.680. The zero-order valence-corrected chi connectivity index (χ0v) is 14.3. The minimum absolute atomic E-state index is 0.104. The smallest absolute Gasteiger partial charge is 0.275 e. The number of hydrogen-bond acceptors (Lipinski definition) is 4. The number of pyridine rings is 2. The normalized spacial score (nSPS) is 17.2. The van der Waals surface area contributed by atoms with Gasteiger partial charge in [-0.2, -0.15) is 18.4 Å². The van der Waals surface area contributed by atoms with Gasteiger partial charge in [0.1, 0.15) is 17.6 Å². The molecule has 0 unspecified atom stereocenters. The van der Waals surface area contributed by atoms with Crippen molar-refractivity contribution >= 4 is 28.3 Å². The summed E-state index contributed by atoms with van der Waals surface area (Å²) >= 11 is 0. The Balaban J connectivity index is 1.78. The maximum absolute atomic E-state index is 13.0. The summed E-state index contributed by atoms with van der Waals surface area (Å²) in [5, 5.41) is 11.0. The van der Waals surface area contributed by atoms with Gasteiger partial charge in [0, 0.05) is 17.0 Å². The van der Waals surface area contributed by atoms with E-state index in [4.69, 9.17) is 0 Å². The van der Waals surface area contributed by atoms with Crippen LogP contribution in [0.25, 0.3) is 10.8 Å². The van der Waals surface area contributed by atoms with E-state index in [0.29, 0.717) is 11.1 Å². The molecule has 0 N–H and O–H groups in total. The van der Waals surface area contributed by atoms with Crippen LogP contribution in [0.2, 0.25) is 0 Å². The zero-order chi connectivity index (χ0) is 19.9. The van der Waals surface area contributed by atoms with Crippen molar-refractivity contribution in [1.29, 1.82) is 5.26 Å². The number of fused-ring (bicyclic) bond motifs is 1. The molecular formula is C19H12F3N5O. The van der Waals surface area contributed by atoms with Crippen LogP contribution in [0.5, 0.6) is 0 Å². The summed E-state index contributed by atoms with van der Waals surface area (Å²) in [6.07, 6.45) is -1.53. The van der Waals surface area contributed by atoms with Gasteiger partial charge in [0.2, 0.25) is 0 Å². The van der Waals surface area contributed by atoms with Crippen molar-refractivity contribution in [3.05, 3.63) is 60.6 Å². The van der Waals surface area contributed by atoms with E-state index in [1.54, 1.807) is 18.3 Å². The molecule has 0 aliphatic carbocycles. The number of anilines is 2. The molecule has 1 fully saturated rings. The van der Waals surface area contributed by atoms with Crippen LogP contribution in [0.4, 0.5) is 29.5 Å². The van der Waals surface area contributed by atoms with E-state index in [0.717, 1.165) is 16.4 Å². The Morgan fingerprint density at radius 1 is 1.11 bits per heavy atom. The van der Waals surface area contributed by atoms with E-state index in [1.165, 1.54) is 23.2 Å². The first-order chi connectivity index (χ1) is 13.4. The van der Waals surface area contributed by atoms with Gasteiger partial charge in [-0.05, 0) is 12.1 Å². The van der Waals surface area contributed by atoms with Gasteiger partial charge in [0.15, 0.2) is 0 Å². The standard InChI is InChI=1S/C19H12F3N5O/c20-19(21,22)16-6-3-7-17(25-16)26-11-13(8-23)27(18(26)28)15-10-24-9-12-4-1-2-5-14(12)15/h1-7,9-10,13H,11H2/t13-/m0/s1. The molecule has 9 heteroatoms. The molecule has 1 aliphatic rings. The van der Waals surface area contributed by atoms with Crippen molar-refractivity contribution in [2.75, 3.05) is 16.3 Å². The third kappa shape index (κ3) is 2.89. The highest BCUT2D eigenvalue weighted by atomic mass is 19.4. The number of halogens is 3. The number of alkyl halides is 3. The van der Waals surface area contributed by atoms with Crippen LogP contribution in [0, 0.1) is 11.3 Å². The highest BCUT2D eigenvalue weighted by Crippen LogP contribution is 2.34. The molecule has 3 heterocycles. The number of rotatable bonds is 2. The van der Waals surface area contributed by atoms with E-state index in [2.05, 4.69) is 9.97 Å².